The van der Waals surface area contributed by atoms with E-state index in [4.69, 9.17) is 0 Å². The average molecular weight is 339 g/mol. The molecule has 1 heterocycles. The maximum atomic E-state index is 12.6. The molecule has 2 N–H and O–H groups in total. The van der Waals surface area contributed by atoms with Crippen LogP contribution in [0.15, 0.2) is 36.9 Å². The number of imidazole rings is 1. The molecule has 1 amide bonds. The van der Waals surface area contributed by atoms with Gasteiger partial charge in [0.25, 0.3) is 5.91 Å². The maximum Gasteiger partial charge on any atom is 0.419 e. The summed E-state index contributed by atoms with van der Waals surface area (Å²) in [4.78, 5) is 16.0. The number of aromatic hydroxyl groups is 1. The number of alkyl halides is 3. The molecule has 1 fully saturated rings. The normalized spacial score (nSPS) is 20.5. The van der Waals surface area contributed by atoms with Crippen LogP contribution in [0.4, 0.5) is 13.2 Å². The first kappa shape index (κ1) is 16.4. The molecule has 1 saturated carbocycles. The predicted molar refractivity (Wildman–Crippen MR) is 79.3 cm³/mol. The lowest BCUT2D eigenvalue weighted by Gasteiger charge is -2.36. The first-order valence-corrected chi connectivity index (χ1v) is 7.49. The molecular weight excluding hydrogens is 323 g/mol. The lowest BCUT2D eigenvalue weighted by Crippen LogP contribution is -2.45. The third-order valence-electron chi connectivity index (χ3n) is 4.16. The van der Waals surface area contributed by atoms with Crippen molar-refractivity contribution in [1.82, 2.24) is 14.9 Å². The number of carbonyl (C=O) groups is 1. The van der Waals surface area contributed by atoms with Crippen molar-refractivity contribution in [2.24, 2.45) is 5.92 Å². The highest BCUT2D eigenvalue weighted by atomic mass is 19.4. The van der Waals surface area contributed by atoms with Gasteiger partial charge in [-0.05, 0) is 37.0 Å². The fourth-order valence-corrected chi connectivity index (χ4v) is 2.88. The van der Waals surface area contributed by atoms with Gasteiger partial charge in [-0.1, -0.05) is 0 Å². The standard InChI is InChI=1S/C16H16F3N3O2/c17-16(18,19)13-2-1-11(7-14(13)23)15(24)21-12-5-10(6-12)8-22-4-3-20-9-22/h1-4,7,9-10,12,23H,5-6,8H2,(H,21,24). The van der Waals surface area contributed by atoms with Gasteiger partial charge in [-0.15, -0.1) is 0 Å². The second-order valence-corrected chi connectivity index (χ2v) is 6.00. The zero-order valence-corrected chi connectivity index (χ0v) is 12.6. The van der Waals surface area contributed by atoms with Crippen LogP contribution in [0, 0.1) is 5.92 Å². The van der Waals surface area contributed by atoms with Crippen molar-refractivity contribution >= 4 is 5.91 Å². The Morgan fingerprint density at radius 3 is 2.71 bits per heavy atom. The summed E-state index contributed by atoms with van der Waals surface area (Å²) in [6.07, 6.45) is 2.27. The van der Waals surface area contributed by atoms with Crippen molar-refractivity contribution in [3.63, 3.8) is 0 Å². The molecule has 0 spiro atoms. The van der Waals surface area contributed by atoms with Crippen molar-refractivity contribution in [1.29, 1.82) is 0 Å². The molecule has 2 aromatic rings. The Kier molecular flexibility index (Phi) is 4.21. The Bertz CT molecular complexity index is 723. The molecule has 0 aliphatic heterocycles. The van der Waals surface area contributed by atoms with Gasteiger partial charge < -0.3 is 15.0 Å². The molecule has 0 saturated heterocycles. The monoisotopic (exact) mass is 339 g/mol. The summed E-state index contributed by atoms with van der Waals surface area (Å²) in [6.45, 7) is 0.827. The first-order chi connectivity index (χ1) is 11.3. The number of amides is 1. The molecule has 5 nitrogen and oxygen atoms in total. The Labute approximate surface area is 136 Å². The third-order valence-corrected chi connectivity index (χ3v) is 4.16. The number of nitrogens with one attached hydrogen (secondary N) is 1. The van der Waals surface area contributed by atoms with Gasteiger partial charge in [-0.25, -0.2) is 4.98 Å². The van der Waals surface area contributed by atoms with E-state index in [-0.39, 0.29) is 11.6 Å². The highest BCUT2D eigenvalue weighted by Gasteiger charge is 2.34. The Hall–Kier alpha value is -2.51. The van der Waals surface area contributed by atoms with Crippen molar-refractivity contribution < 1.29 is 23.1 Å². The van der Waals surface area contributed by atoms with Gasteiger partial charge in [0.05, 0.1) is 11.9 Å². The predicted octanol–water partition coefficient (Wildman–Crippen LogP) is 2.82. The van der Waals surface area contributed by atoms with E-state index >= 15 is 0 Å². The SMILES string of the molecule is O=C(NC1CC(Cn2ccnc2)C1)c1ccc(C(F)(F)F)c(O)c1. The van der Waals surface area contributed by atoms with E-state index in [1.54, 1.807) is 12.5 Å². The molecule has 24 heavy (non-hydrogen) atoms. The number of hydrogen-bond acceptors (Lipinski definition) is 3. The smallest absolute Gasteiger partial charge is 0.419 e. The fraction of sp³-hybridized carbons (Fsp3) is 0.375. The van der Waals surface area contributed by atoms with Crippen LogP contribution in [0.3, 0.4) is 0 Å². The number of benzene rings is 1. The number of nitrogens with zero attached hydrogens (tertiary/aromatic N) is 2. The zero-order chi connectivity index (χ0) is 17.3. The fourth-order valence-electron chi connectivity index (χ4n) is 2.88. The minimum Gasteiger partial charge on any atom is -0.507 e. The summed E-state index contributed by atoms with van der Waals surface area (Å²) in [5.41, 5.74) is -1.14. The van der Waals surface area contributed by atoms with Crippen molar-refractivity contribution in [2.45, 2.75) is 31.6 Å². The molecule has 0 radical (unpaired) electrons. The topological polar surface area (TPSA) is 67.2 Å². The number of halogens is 3. The quantitative estimate of drug-likeness (QED) is 0.900. The van der Waals surface area contributed by atoms with E-state index in [0.29, 0.717) is 12.0 Å². The van der Waals surface area contributed by atoms with Gasteiger partial charge in [0.2, 0.25) is 0 Å². The van der Waals surface area contributed by atoms with Crippen LogP contribution in [0.25, 0.3) is 0 Å². The van der Waals surface area contributed by atoms with Crippen LogP contribution in [0.5, 0.6) is 5.75 Å². The molecule has 0 unspecified atom stereocenters. The molecule has 1 aliphatic rings. The highest BCUT2D eigenvalue weighted by molar-refractivity contribution is 5.95. The second kappa shape index (κ2) is 6.18. The summed E-state index contributed by atoms with van der Waals surface area (Å²) in [5.74, 6) is -0.989. The molecular formula is C16H16F3N3O2. The summed E-state index contributed by atoms with van der Waals surface area (Å²) < 4.78 is 39.7. The van der Waals surface area contributed by atoms with Crippen LogP contribution >= 0.6 is 0 Å². The van der Waals surface area contributed by atoms with Gasteiger partial charge in [0.1, 0.15) is 5.75 Å². The van der Waals surface area contributed by atoms with Crippen LogP contribution in [-0.2, 0) is 12.7 Å². The zero-order valence-electron chi connectivity index (χ0n) is 12.6. The minimum atomic E-state index is -4.65. The number of hydrogen-bond donors (Lipinski definition) is 2. The molecule has 8 heteroatoms. The number of phenolic OH excluding ortho intramolecular Hbond substituents is 1. The van der Waals surface area contributed by atoms with E-state index < -0.39 is 23.4 Å². The molecule has 128 valence electrons. The van der Waals surface area contributed by atoms with Gasteiger partial charge in [-0.2, -0.15) is 13.2 Å². The van der Waals surface area contributed by atoms with E-state index in [1.807, 2.05) is 10.8 Å². The maximum absolute atomic E-state index is 12.6. The summed E-state index contributed by atoms with van der Waals surface area (Å²) in [5, 5.41) is 12.2. The van der Waals surface area contributed by atoms with Crippen LogP contribution < -0.4 is 5.32 Å². The van der Waals surface area contributed by atoms with E-state index in [0.717, 1.165) is 31.5 Å². The molecule has 1 aromatic heterocycles. The van der Waals surface area contributed by atoms with Crippen molar-refractivity contribution in [3.05, 3.63) is 48.0 Å². The van der Waals surface area contributed by atoms with Gasteiger partial charge in [-0.3, -0.25) is 4.79 Å². The Morgan fingerprint density at radius 1 is 1.38 bits per heavy atom. The first-order valence-electron chi connectivity index (χ1n) is 7.49. The van der Waals surface area contributed by atoms with Gasteiger partial charge in [0.15, 0.2) is 0 Å². The van der Waals surface area contributed by atoms with E-state index in [9.17, 15) is 23.1 Å². The van der Waals surface area contributed by atoms with Crippen molar-refractivity contribution in [2.75, 3.05) is 0 Å². The average Bonchev–Trinajstić information content (AvgIpc) is 2.96. The highest BCUT2D eigenvalue weighted by Crippen LogP contribution is 2.36. The summed E-state index contributed by atoms with van der Waals surface area (Å²) in [6, 6.07) is 2.63. The molecule has 3 rings (SSSR count). The number of carbonyl (C=O) groups excluding carboxylic acids is 1. The Morgan fingerprint density at radius 2 is 2.12 bits per heavy atom. The summed E-state index contributed by atoms with van der Waals surface area (Å²) in [7, 11) is 0. The number of phenols is 1. The lowest BCUT2D eigenvalue weighted by molar-refractivity contribution is -0.138. The molecule has 0 atom stereocenters. The van der Waals surface area contributed by atoms with Gasteiger partial charge >= 0.3 is 6.18 Å². The van der Waals surface area contributed by atoms with Crippen molar-refractivity contribution in [3.8, 4) is 5.75 Å². The Balaban J connectivity index is 1.54. The van der Waals surface area contributed by atoms with Gasteiger partial charge in [0, 0.05) is 30.5 Å². The molecule has 1 aromatic carbocycles. The minimum absolute atomic E-state index is 0.00421. The number of aromatic nitrogens is 2. The van der Waals surface area contributed by atoms with Crippen LogP contribution in [-0.4, -0.2) is 26.6 Å². The second-order valence-electron chi connectivity index (χ2n) is 6.00. The lowest BCUT2D eigenvalue weighted by atomic mass is 9.80. The van der Waals surface area contributed by atoms with E-state index in [2.05, 4.69) is 10.3 Å². The third kappa shape index (κ3) is 3.52. The number of rotatable bonds is 4. The summed E-state index contributed by atoms with van der Waals surface area (Å²) >= 11 is 0. The van der Waals surface area contributed by atoms with E-state index in [1.165, 1.54) is 0 Å². The van der Waals surface area contributed by atoms with Crippen LogP contribution in [0.1, 0.15) is 28.8 Å². The largest absolute Gasteiger partial charge is 0.507 e. The molecule has 1 aliphatic carbocycles. The molecule has 0 bridgehead atoms. The van der Waals surface area contributed by atoms with Crippen LogP contribution in [0.2, 0.25) is 0 Å².